The molecule has 2 aromatic rings. The first-order valence-electron chi connectivity index (χ1n) is 7.33. The number of ether oxygens (including phenoxy) is 1. The second-order valence-corrected chi connectivity index (χ2v) is 5.20. The van der Waals surface area contributed by atoms with E-state index in [-0.39, 0.29) is 0 Å². The predicted molar refractivity (Wildman–Crippen MR) is 79.0 cm³/mol. The van der Waals surface area contributed by atoms with E-state index in [1.165, 1.54) is 5.56 Å². The van der Waals surface area contributed by atoms with E-state index in [0.717, 1.165) is 44.8 Å². The van der Waals surface area contributed by atoms with Crippen LogP contribution in [0.1, 0.15) is 24.3 Å². The van der Waals surface area contributed by atoms with Gasteiger partial charge < -0.3 is 10.1 Å². The summed E-state index contributed by atoms with van der Waals surface area (Å²) >= 11 is 0. The molecule has 0 saturated heterocycles. The summed E-state index contributed by atoms with van der Waals surface area (Å²) in [6, 6.07) is 10.4. The largest absolute Gasteiger partial charge is 0.493 e. The third kappa shape index (κ3) is 3.20. The molecule has 0 saturated carbocycles. The first kappa shape index (κ1) is 13.2. The van der Waals surface area contributed by atoms with Crippen LogP contribution in [0.15, 0.2) is 42.7 Å². The first-order chi connectivity index (χ1) is 9.93. The highest BCUT2D eigenvalue weighted by atomic mass is 16.5. The number of aromatic nitrogens is 2. The summed E-state index contributed by atoms with van der Waals surface area (Å²) in [6.07, 6.45) is 6.04. The van der Waals surface area contributed by atoms with Crippen molar-refractivity contribution in [1.29, 1.82) is 0 Å². The number of fused-ring (bicyclic) bond motifs is 1. The van der Waals surface area contributed by atoms with Crippen LogP contribution in [0.2, 0.25) is 0 Å². The summed E-state index contributed by atoms with van der Waals surface area (Å²) < 4.78 is 7.67. The zero-order chi connectivity index (χ0) is 13.6. The quantitative estimate of drug-likeness (QED) is 0.820. The number of rotatable bonds is 6. The number of hydrogen-bond acceptors (Lipinski definition) is 3. The number of para-hydroxylation sites is 1. The molecule has 1 N–H and O–H groups in total. The van der Waals surface area contributed by atoms with Crippen molar-refractivity contribution in [2.45, 2.75) is 25.3 Å². The molecule has 1 aliphatic rings. The molecule has 3 rings (SSSR count). The number of aryl methyl sites for hydroxylation is 1. The van der Waals surface area contributed by atoms with Gasteiger partial charge in [0.15, 0.2) is 0 Å². The molecule has 0 amide bonds. The molecule has 4 heteroatoms. The van der Waals surface area contributed by atoms with Gasteiger partial charge in [-0.05, 0) is 37.1 Å². The van der Waals surface area contributed by atoms with Crippen LogP contribution in [-0.2, 0) is 6.54 Å². The smallest absolute Gasteiger partial charge is 0.122 e. The van der Waals surface area contributed by atoms with E-state index in [0.29, 0.717) is 5.92 Å². The monoisotopic (exact) mass is 271 g/mol. The van der Waals surface area contributed by atoms with Gasteiger partial charge in [0.05, 0.1) is 6.61 Å². The number of benzene rings is 1. The summed E-state index contributed by atoms with van der Waals surface area (Å²) in [5, 5.41) is 7.77. The fraction of sp³-hybridized carbons (Fsp3) is 0.438. The van der Waals surface area contributed by atoms with Crippen LogP contribution >= 0.6 is 0 Å². The van der Waals surface area contributed by atoms with Crippen LogP contribution in [0.25, 0.3) is 0 Å². The lowest BCUT2D eigenvalue weighted by molar-refractivity contribution is 0.264. The Morgan fingerprint density at radius 2 is 2.25 bits per heavy atom. The third-order valence-corrected chi connectivity index (χ3v) is 3.77. The number of nitrogens with one attached hydrogen (secondary N) is 1. The van der Waals surface area contributed by atoms with Crippen molar-refractivity contribution >= 4 is 0 Å². The summed E-state index contributed by atoms with van der Waals surface area (Å²) in [7, 11) is 0. The molecule has 0 aliphatic carbocycles. The van der Waals surface area contributed by atoms with Gasteiger partial charge in [0, 0.05) is 31.4 Å². The van der Waals surface area contributed by atoms with Crippen LogP contribution in [0, 0.1) is 0 Å². The van der Waals surface area contributed by atoms with Crippen molar-refractivity contribution in [2.75, 3.05) is 19.7 Å². The van der Waals surface area contributed by atoms with Gasteiger partial charge in [-0.2, -0.15) is 5.10 Å². The molecule has 1 aromatic carbocycles. The highest BCUT2D eigenvalue weighted by Crippen LogP contribution is 2.32. The summed E-state index contributed by atoms with van der Waals surface area (Å²) in [5.74, 6) is 1.63. The Hall–Kier alpha value is -1.81. The van der Waals surface area contributed by atoms with Gasteiger partial charge in [0.1, 0.15) is 5.75 Å². The Labute approximate surface area is 119 Å². The minimum absolute atomic E-state index is 0.574. The second kappa shape index (κ2) is 6.57. The molecular weight excluding hydrogens is 250 g/mol. The van der Waals surface area contributed by atoms with Crippen molar-refractivity contribution in [3.05, 3.63) is 48.3 Å². The Balaban J connectivity index is 1.43. The van der Waals surface area contributed by atoms with Crippen molar-refractivity contribution in [3.8, 4) is 5.75 Å². The average Bonchev–Trinajstić information content (AvgIpc) is 3.00. The lowest BCUT2D eigenvalue weighted by atomic mass is 9.93. The fourth-order valence-corrected chi connectivity index (χ4v) is 2.70. The van der Waals surface area contributed by atoms with Crippen LogP contribution in [0.5, 0.6) is 5.75 Å². The van der Waals surface area contributed by atoms with Crippen LogP contribution in [0.4, 0.5) is 0 Å². The SMILES string of the molecule is c1ccc2c(c1)OCCC2CNCCCn1cccn1. The molecule has 1 unspecified atom stereocenters. The molecule has 4 nitrogen and oxygen atoms in total. The Kier molecular flexibility index (Phi) is 4.33. The van der Waals surface area contributed by atoms with Crippen LogP contribution in [0.3, 0.4) is 0 Å². The molecule has 0 spiro atoms. The zero-order valence-electron chi connectivity index (χ0n) is 11.7. The standard InChI is InChI=1S/C16H21N3O/c1-2-6-16-15(5-1)14(7-12-20-16)13-17-8-3-10-19-11-4-9-18-19/h1-2,4-6,9,11,14,17H,3,7-8,10,12-13H2. The Morgan fingerprint density at radius 3 is 3.15 bits per heavy atom. The van der Waals surface area contributed by atoms with Gasteiger partial charge in [0.25, 0.3) is 0 Å². The minimum Gasteiger partial charge on any atom is -0.493 e. The first-order valence-corrected chi connectivity index (χ1v) is 7.33. The molecule has 0 fully saturated rings. The summed E-state index contributed by atoms with van der Waals surface area (Å²) in [5.41, 5.74) is 1.35. The van der Waals surface area contributed by atoms with Crippen molar-refractivity contribution < 1.29 is 4.74 Å². The second-order valence-electron chi connectivity index (χ2n) is 5.20. The average molecular weight is 271 g/mol. The lowest BCUT2D eigenvalue weighted by Gasteiger charge is -2.26. The normalized spacial score (nSPS) is 17.5. The number of hydrogen-bond donors (Lipinski definition) is 1. The van der Waals surface area contributed by atoms with E-state index < -0.39 is 0 Å². The lowest BCUT2D eigenvalue weighted by Crippen LogP contribution is -2.27. The molecule has 106 valence electrons. The van der Waals surface area contributed by atoms with Gasteiger partial charge >= 0.3 is 0 Å². The van der Waals surface area contributed by atoms with Gasteiger partial charge in [0.2, 0.25) is 0 Å². The predicted octanol–water partition coefficient (Wildman–Crippen LogP) is 2.43. The molecule has 0 bridgehead atoms. The van der Waals surface area contributed by atoms with Crippen molar-refractivity contribution in [1.82, 2.24) is 15.1 Å². The van der Waals surface area contributed by atoms with Gasteiger partial charge in [-0.1, -0.05) is 18.2 Å². The minimum atomic E-state index is 0.574. The van der Waals surface area contributed by atoms with Crippen LogP contribution < -0.4 is 10.1 Å². The highest BCUT2D eigenvalue weighted by molar-refractivity contribution is 5.37. The molecule has 0 radical (unpaired) electrons. The maximum atomic E-state index is 5.69. The van der Waals surface area contributed by atoms with Crippen LogP contribution in [-0.4, -0.2) is 29.5 Å². The number of nitrogens with zero attached hydrogens (tertiary/aromatic N) is 2. The molecule has 1 aliphatic heterocycles. The fourth-order valence-electron chi connectivity index (χ4n) is 2.70. The Morgan fingerprint density at radius 1 is 1.30 bits per heavy atom. The van der Waals surface area contributed by atoms with E-state index in [1.807, 2.05) is 29.2 Å². The third-order valence-electron chi connectivity index (χ3n) is 3.77. The highest BCUT2D eigenvalue weighted by Gasteiger charge is 2.20. The maximum absolute atomic E-state index is 5.69. The van der Waals surface area contributed by atoms with Gasteiger partial charge in [-0.3, -0.25) is 4.68 Å². The molecule has 1 atom stereocenters. The zero-order valence-corrected chi connectivity index (χ0v) is 11.7. The summed E-state index contributed by atoms with van der Waals surface area (Å²) in [6.45, 7) is 3.86. The van der Waals surface area contributed by atoms with Crippen molar-refractivity contribution in [2.24, 2.45) is 0 Å². The van der Waals surface area contributed by atoms with E-state index in [4.69, 9.17) is 4.74 Å². The van der Waals surface area contributed by atoms with Gasteiger partial charge in [-0.25, -0.2) is 0 Å². The molecule has 1 aromatic heterocycles. The van der Waals surface area contributed by atoms with E-state index >= 15 is 0 Å². The van der Waals surface area contributed by atoms with Gasteiger partial charge in [-0.15, -0.1) is 0 Å². The van der Waals surface area contributed by atoms with Crippen molar-refractivity contribution in [3.63, 3.8) is 0 Å². The van der Waals surface area contributed by atoms with E-state index in [9.17, 15) is 0 Å². The molecular formula is C16H21N3O. The summed E-state index contributed by atoms with van der Waals surface area (Å²) in [4.78, 5) is 0. The maximum Gasteiger partial charge on any atom is 0.122 e. The van der Waals surface area contributed by atoms with E-state index in [2.05, 4.69) is 28.6 Å². The molecule has 20 heavy (non-hydrogen) atoms. The topological polar surface area (TPSA) is 39.1 Å². The van der Waals surface area contributed by atoms with E-state index in [1.54, 1.807) is 0 Å². The Bertz CT molecular complexity index is 524. The molecule has 2 heterocycles.